The topological polar surface area (TPSA) is 55.1 Å². The van der Waals surface area contributed by atoms with E-state index in [2.05, 4.69) is 5.32 Å². The van der Waals surface area contributed by atoms with E-state index in [-0.39, 0.29) is 17.8 Å². The maximum atomic E-state index is 12.8. The van der Waals surface area contributed by atoms with Crippen LogP contribution < -0.4 is 11.1 Å². The van der Waals surface area contributed by atoms with E-state index in [1.165, 1.54) is 18.2 Å². The fourth-order valence-corrected chi connectivity index (χ4v) is 1.93. The van der Waals surface area contributed by atoms with Crippen LogP contribution in [0.1, 0.15) is 24.1 Å². The zero-order valence-corrected chi connectivity index (χ0v) is 11.7. The van der Waals surface area contributed by atoms with E-state index in [0.29, 0.717) is 5.69 Å². The van der Waals surface area contributed by atoms with Crippen LogP contribution in [0.3, 0.4) is 0 Å². The molecule has 21 heavy (non-hydrogen) atoms. The number of hydrogen-bond donors (Lipinski definition) is 2. The molecule has 0 aliphatic heterocycles. The van der Waals surface area contributed by atoms with Crippen LogP contribution in [0.5, 0.6) is 0 Å². The first-order valence-electron chi connectivity index (χ1n) is 6.64. The average Bonchev–Trinajstić information content (AvgIpc) is 2.46. The fourth-order valence-electron chi connectivity index (χ4n) is 1.93. The summed E-state index contributed by atoms with van der Waals surface area (Å²) in [4.78, 5) is 11.8. The highest BCUT2D eigenvalue weighted by atomic mass is 19.1. The third-order valence-electron chi connectivity index (χ3n) is 3.07. The molecule has 0 fully saturated rings. The van der Waals surface area contributed by atoms with Gasteiger partial charge in [-0.2, -0.15) is 0 Å². The van der Waals surface area contributed by atoms with E-state index in [1.807, 2.05) is 19.1 Å². The number of nitrogens with one attached hydrogen (secondary N) is 1. The molecule has 2 aromatic rings. The molecule has 0 aliphatic rings. The van der Waals surface area contributed by atoms with Crippen molar-refractivity contribution in [2.24, 2.45) is 0 Å². The molecule has 0 bridgehead atoms. The van der Waals surface area contributed by atoms with Crippen molar-refractivity contribution in [1.82, 2.24) is 5.32 Å². The van der Waals surface area contributed by atoms with Crippen LogP contribution in [0, 0.1) is 5.82 Å². The second-order valence-corrected chi connectivity index (χ2v) is 4.79. The molecule has 3 nitrogen and oxygen atoms in total. The first-order valence-corrected chi connectivity index (χ1v) is 6.64. The number of anilines is 1. The quantitative estimate of drug-likeness (QED) is 0.668. The Labute approximate surface area is 123 Å². The lowest BCUT2D eigenvalue weighted by molar-refractivity contribution is -0.117. The smallest absolute Gasteiger partial charge is 0.244 e. The van der Waals surface area contributed by atoms with Crippen LogP contribution in [0.25, 0.3) is 6.08 Å². The molecule has 0 spiro atoms. The van der Waals surface area contributed by atoms with Gasteiger partial charge in [0.2, 0.25) is 5.91 Å². The monoisotopic (exact) mass is 284 g/mol. The number of halogens is 1. The number of nitrogens with two attached hydrogens (primary N) is 1. The zero-order chi connectivity index (χ0) is 15.2. The van der Waals surface area contributed by atoms with Crippen LogP contribution in [0.2, 0.25) is 0 Å². The van der Waals surface area contributed by atoms with Crippen molar-refractivity contribution in [3.8, 4) is 0 Å². The normalized spacial score (nSPS) is 12.3. The van der Waals surface area contributed by atoms with Gasteiger partial charge in [0.25, 0.3) is 0 Å². The van der Waals surface area contributed by atoms with E-state index in [9.17, 15) is 9.18 Å². The number of amides is 1. The first-order chi connectivity index (χ1) is 10.0. The van der Waals surface area contributed by atoms with E-state index >= 15 is 0 Å². The Bertz CT molecular complexity index is 650. The van der Waals surface area contributed by atoms with Crippen molar-refractivity contribution in [3.05, 3.63) is 71.6 Å². The number of rotatable bonds is 4. The van der Waals surface area contributed by atoms with Crippen LogP contribution in [-0.2, 0) is 4.79 Å². The molecule has 0 aliphatic carbocycles. The molecule has 3 N–H and O–H groups in total. The summed E-state index contributed by atoms with van der Waals surface area (Å²) in [7, 11) is 0. The Morgan fingerprint density at radius 1 is 1.24 bits per heavy atom. The van der Waals surface area contributed by atoms with Gasteiger partial charge in [-0.3, -0.25) is 4.79 Å². The maximum absolute atomic E-state index is 12.8. The summed E-state index contributed by atoms with van der Waals surface area (Å²) in [5.74, 6) is -0.506. The van der Waals surface area contributed by atoms with Gasteiger partial charge in [-0.25, -0.2) is 4.39 Å². The Balaban J connectivity index is 1.96. The number of carbonyl (C=O) groups excluding carboxylic acids is 1. The summed E-state index contributed by atoms with van der Waals surface area (Å²) in [6, 6.07) is 13.1. The van der Waals surface area contributed by atoms with Gasteiger partial charge in [0.05, 0.1) is 6.04 Å². The lowest BCUT2D eigenvalue weighted by Gasteiger charge is -2.12. The lowest BCUT2D eigenvalue weighted by Crippen LogP contribution is -2.24. The van der Waals surface area contributed by atoms with Crippen LogP contribution >= 0.6 is 0 Å². The number of carbonyl (C=O) groups is 1. The first kappa shape index (κ1) is 14.8. The van der Waals surface area contributed by atoms with Gasteiger partial charge in [0, 0.05) is 11.8 Å². The van der Waals surface area contributed by atoms with Gasteiger partial charge in [-0.15, -0.1) is 0 Å². The van der Waals surface area contributed by atoms with Crippen molar-refractivity contribution >= 4 is 17.7 Å². The molecular weight excluding hydrogens is 267 g/mol. The van der Waals surface area contributed by atoms with Gasteiger partial charge in [0.1, 0.15) is 5.82 Å². The Hall–Kier alpha value is -2.62. The molecule has 0 radical (unpaired) electrons. The van der Waals surface area contributed by atoms with E-state index in [4.69, 9.17) is 5.73 Å². The molecule has 0 saturated carbocycles. The summed E-state index contributed by atoms with van der Waals surface area (Å²) in [5, 5.41) is 2.82. The van der Waals surface area contributed by atoms with Crippen LogP contribution in [0.4, 0.5) is 10.1 Å². The summed E-state index contributed by atoms with van der Waals surface area (Å²) in [6.07, 6.45) is 3.15. The van der Waals surface area contributed by atoms with E-state index in [0.717, 1.165) is 11.1 Å². The fraction of sp³-hybridized carbons (Fsp3) is 0.118. The second-order valence-electron chi connectivity index (χ2n) is 4.79. The molecular formula is C17H17FN2O. The maximum Gasteiger partial charge on any atom is 0.244 e. The van der Waals surface area contributed by atoms with Gasteiger partial charge in [-0.05, 0) is 48.4 Å². The van der Waals surface area contributed by atoms with Crippen molar-refractivity contribution < 1.29 is 9.18 Å². The molecule has 0 heterocycles. The van der Waals surface area contributed by atoms with Gasteiger partial charge >= 0.3 is 0 Å². The predicted molar refractivity (Wildman–Crippen MR) is 82.8 cm³/mol. The van der Waals surface area contributed by atoms with Crippen LogP contribution in [0.15, 0.2) is 54.6 Å². The van der Waals surface area contributed by atoms with Gasteiger partial charge < -0.3 is 11.1 Å². The molecule has 0 saturated heterocycles. The summed E-state index contributed by atoms with van der Waals surface area (Å²) in [5.41, 5.74) is 8.03. The van der Waals surface area contributed by atoms with Crippen molar-refractivity contribution in [3.63, 3.8) is 0 Å². The zero-order valence-electron chi connectivity index (χ0n) is 11.7. The van der Waals surface area contributed by atoms with Gasteiger partial charge in [0.15, 0.2) is 0 Å². The van der Waals surface area contributed by atoms with E-state index in [1.54, 1.807) is 30.3 Å². The highest BCUT2D eigenvalue weighted by Crippen LogP contribution is 2.13. The second kappa shape index (κ2) is 6.70. The van der Waals surface area contributed by atoms with Crippen LogP contribution in [-0.4, -0.2) is 5.91 Å². The lowest BCUT2D eigenvalue weighted by atomic mass is 10.1. The molecule has 1 amide bonds. The molecule has 2 rings (SSSR count). The number of hydrogen-bond acceptors (Lipinski definition) is 2. The highest BCUT2D eigenvalue weighted by Gasteiger charge is 2.07. The Kier molecular flexibility index (Phi) is 4.72. The molecule has 2 aromatic carbocycles. The minimum absolute atomic E-state index is 0.191. The number of nitrogen functional groups attached to an aromatic ring is 1. The van der Waals surface area contributed by atoms with Crippen molar-refractivity contribution in [2.45, 2.75) is 13.0 Å². The third kappa shape index (κ3) is 4.45. The third-order valence-corrected chi connectivity index (χ3v) is 3.07. The molecule has 108 valence electrons. The Morgan fingerprint density at radius 2 is 1.95 bits per heavy atom. The SMILES string of the molecule is C[C@H](NC(=O)/C=C/c1cccc(N)c1)c1ccc(F)cc1. The standard InChI is InChI=1S/C17H17FN2O/c1-12(14-6-8-15(18)9-7-14)20-17(21)10-5-13-3-2-4-16(19)11-13/h2-12H,19H2,1H3,(H,20,21)/b10-5+/t12-/m0/s1. The Morgan fingerprint density at radius 3 is 2.62 bits per heavy atom. The molecule has 0 unspecified atom stereocenters. The molecule has 4 heteroatoms. The predicted octanol–water partition coefficient (Wildman–Crippen LogP) is 3.30. The van der Waals surface area contributed by atoms with E-state index < -0.39 is 0 Å². The summed E-state index contributed by atoms with van der Waals surface area (Å²) in [6.45, 7) is 1.85. The van der Waals surface area contributed by atoms with Crippen molar-refractivity contribution in [2.75, 3.05) is 5.73 Å². The molecule has 0 aromatic heterocycles. The summed E-state index contributed by atoms with van der Waals surface area (Å²) < 4.78 is 12.8. The largest absolute Gasteiger partial charge is 0.399 e. The minimum Gasteiger partial charge on any atom is -0.399 e. The number of benzene rings is 2. The highest BCUT2D eigenvalue weighted by molar-refractivity contribution is 5.92. The van der Waals surface area contributed by atoms with Crippen molar-refractivity contribution in [1.29, 1.82) is 0 Å². The average molecular weight is 284 g/mol. The molecule has 1 atom stereocenters. The summed E-state index contributed by atoms with van der Waals surface area (Å²) >= 11 is 0. The van der Waals surface area contributed by atoms with Gasteiger partial charge in [-0.1, -0.05) is 24.3 Å². The minimum atomic E-state index is -0.293.